The smallest absolute Gasteiger partial charge is 0.275 e. The van der Waals surface area contributed by atoms with Crippen molar-refractivity contribution in [2.24, 2.45) is 7.05 Å². The maximum absolute atomic E-state index is 13.1. The molecule has 0 aliphatic carbocycles. The van der Waals surface area contributed by atoms with Gasteiger partial charge in [-0.1, -0.05) is 11.6 Å². The maximum atomic E-state index is 13.1. The first-order valence-corrected chi connectivity index (χ1v) is 9.44. The van der Waals surface area contributed by atoms with E-state index in [0.29, 0.717) is 42.0 Å². The number of benzene rings is 1. The van der Waals surface area contributed by atoms with E-state index in [1.54, 1.807) is 24.2 Å². The van der Waals surface area contributed by atoms with Crippen LogP contribution in [0.15, 0.2) is 41.5 Å². The zero-order chi connectivity index (χ0) is 19.8. The van der Waals surface area contributed by atoms with Crippen LogP contribution in [0.3, 0.4) is 0 Å². The van der Waals surface area contributed by atoms with Crippen molar-refractivity contribution >= 4 is 34.0 Å². The number of piperazine rings is 1. The Morgan fingerprint density at radius 1 is 1.11 bits per heavy atom. The minimum absolute atomic E-state index is 0.185. The van der Waals surface area contributed by atoms with Crippen LogP contribution in [0.1, 0.15) is 16.1 Å². The van der Waals surface area contributed by atoms with Crippen molar-refractivity contribution in [1.82, 2.24) is 19.7 Å². The molecule has 1 fully saturated rings. The van der Waals surface area contributed by atoms with Crippen LogP contribution in [0.2, 0.25) is 5.02 Å². The Balaban J connectivity index is 1.57. The third-order valence-corrected chi connectivity index (χ3v) is 5.23. The van der Waals surface area contributed by atoms with Gasteiger partial charge in [-0.25, -0.2) is 4.68 Å². The van der Waals surface area contributed by atoms with E-state index in [1.807, 2.05) is 19.1 Å². The second kappa shape index (κ2) is 7.24. The number of aromatic nitrogens is 3. The average Bonchev–Trinajstić information content (AvgIpc) is 2.69. The van der Waals surface area contributed by atoms with Crippen molar-refractivity contribution in [3.8, 4) is 0 Å². The van der Waals surface area contributed by atoms with Gasteiger partial charge in [0.1, 0.15) is 0 Å². The summed E-state index contributed by atoms with van der Waals surface area (Å²) in [4.78, 5) is 33.4. The van der Waals surface area contributed by atoms with E-state index in [0.717, 1.165) is 11.3 Å². The zero-order valence-corrected chi connectivity index (χ0v) is 16.5. The average molecular weight is 398 g/mol. The monoisotopic (exact) mass is 397 g/mol. The van der Waals surface area contributed by atoms with Crippen LogP contribution in [-0.2, 0) is 7.05 Å². The molecule has 144 valence electrons. The topological polar surface area (TPSA) is 71.3 Å². The second-order valence-electron chi connectivity index (χ2n) is 6.96. The molecule has 7 nitrogen and oxygen atoms in total. The molecule has 1 aliphatic rings. The first-order chi connectivity index (χ1) is 13.4. The number of anilines is 1. The third kappa shape index (κ3) is 3.33. The van der Waals surface area contributed by atoms with Gasteiger partial charge in [-0.3, -0.25) is 14.6 Å². The molecule has 0 unspecified atom stereocenters. The van der Waals surface area contributed by atoms with Crippen molar-refractivity contribution < 1.29 is 4.79 Å². The zero-order valence-electron chi connectivity index (χ0n) is 15.7. The Bertz CT molecular complexity index is 1100. The minimum atomic E-state index is -0.241. The number of pyridine rings is 1. The molecule has 2 aromatic heterocycles. The molecule has 1 saturated heterocycles. The fourth-order valence-corrected chi connectivity index (χ4v) is 3.85. The third-order valence-electron chi connectivity index (χ3n) is 5.01. The molecule has 1 aromatic carbocycles. The molecule has 8 heteroatoms. The number of rotatable bonds is 2. The van der Waals surface area contributed by atoms with E-state index in [4.69, 9.17) is 11.6 Å². The molecule has 3 aromatic rings. The van der Waals surface area contributed by atoms with E-state index < -0.39 is 0 Å². The quantitative estimate of drug-likeness (QED) is 0.663. The van der Waals surface area contributed by atoms with Gasteiger partial charge in [0.25, 0.3) is 11.5 Å². The normalized spacial score (nSPS) is 14.5. The van der Waals surface area contributed by atoms with Crippen molar-refractivity contribution in [2.45, 2.75) is 6.92 Å². The van der Waals surface area contributed by atoms with Gasteiger partial charge in [0.2, 0.25) is 0 Å². The van der Waals surface area contributed by atoms with E-state index in [1.165, 1.54) is 10.9 Å². The molecule has 0 atom stereocenters. The molecule has 28 heavy (non-hydrogen) atoms. The van der Waals surface area contributed by atoms with Crippen LogP contribution in [-0.4, -0.2) is 51.8 Å². The fraction of sp³-hybridized carbons (Fsp3) is 0.300. The number of nitrogens with zero attached hydrogens (tertiary/aromatic N) is 5. The number of hydrogen-bond acceptors (Lipinski definition) is 5. The summed E-state index contributed by atoms with van der Waals surface area (Å²) in [5, 5.41) is 5.87. The second-order valence-corrected chi connectivity index (χ2v) is 7.40. The number of halogens is 1. The van der Waals surface area contributed by atoms with E-state index >= 15 is 0 Å². The van der Waals surface area contributed by atoms with Gasteiger partial charge >= 0.3 is 0 Å². The van der Waals surface area contributed by atoms with Crippen LogP contribution in [0.5, 0.6) is 0 Å². The molecule has 4 rings (SSSR count). The van der Waals surface area contributed by atoms with Crippen LogP contribution >= 0.6 is 11.6 Å². The molecule has 0 bridgehead atoms. The SMILES string of the molecule is Cc1cc(Cl)cc(N2CCN(C(=O)c3nn(C)c(=O)c4ccncc34)CC2)c1. The lowest BCUT2D eigenvalue weighted by atomic mass is 10.1. The number of carbonyl (C=O) groups is 1. The lowest BCUT2D eigenvalue weighted by molar-refractivity contribution is 0.0740. The standard InChI is InChI=1S/C20H20ClN5O2/c1-13-9-14(21)11-15(10-13)25-5-7-26(8-6-25)20(28)18-17-12-22-4-3-16(17)19(27)24(2)23-18/h3-4,9-12H,5-8H2,1-2H3. The largest absolute Gasteiger partial charge is 0.368 e. The van der Waals surface area contributed by atoms with E-state index in [2.05, 4.69) is 21.0 Å². The van der Waals surface area contributed by atoms with Crippen molar-refractivity contribution in [2.75, 3.05) is 31.1 Å². The van der Waals surface area contributed by atoms with Gasteiger partial charge in [-0.15, -0.1) is 0 Å². The fourth-order valence-electron chi connectivity index (χ4n) is 3.57. The lowest BCUT2D eigenvalue weighted by Crippen LogP contribution is -2.49. The first-order valence-electron chi connectivity index (χ1n) is 9.06. The number of carbonyl (C=O) groups excluding carboxylic acids is 1. The summed E-state index contributed by atoms with van der Waals surface area (Å²) in [5.41, 5.74) is 2.19. The Kier molecular flexibility index (Phi) is 4.77. The molecule has 0 radical (unpaired) electrons. The number of fused-ring (bicyclic) bond motifs is 1. The van der Waals surface area contributed by atoms with Crippen LogP contribution < -0.4 is 10.5 Å². The van der Waals surface area contributed by atoms with Crippen LogP contribution in [0.4, 0.5) is 5.69 Å². The van der Waals surface area contributed by atoms with Crippen LogP contribution in [0, 0.1) is 6.92 Å². The summed E-state index contributed by atoms with van der Waals surface area (Å²) in [6.07, 6.45) is 3.08. The Hall–Kier alpha value is -2.93. The van der Waals surface area contributed by atoms with Crippen molar-refractivity contribution in [1.29, 1.82) is 0 Å². The molecule has 0 spiro atoms. The summed E-state index contributed by atoms with van der Waals surface area (Å²) >= 11 is 6.18. The van der Waals surface area contributed by atoms with Gasteiger partial charge < -0.3 is 9.80 Å². The maximum Gasteiger partial charge on any atom is 0.275 e. The molecular formula is C20H20ClN5O2. The first kappa shape index (κ1) is 18.4. The summed E-state index contributed by atoms with van der Waals surface area (Å²) < 4.78 is 1.21. The molecule has 0 saturated carbocycles. The summed E-state index contributed by atoms with van der Waals surface area (Å²) in [5.74, 6) is -0.185. The molecule has 1 amide bonds. The van der Waals surface area contributed by atoms with Crippen molar-refractivity contribution in [3.05, 3.63) is 63.3 Å². The Morgan fingerprint density at radius 3 is 2.57 bits per heavy atom. The summed E-state index contributed by atoms with van der Waals surface area (Å²) in [7, 11) is 1.55. The predicted octanol–water partition coefficient (Wildman–Crippen LogP) is 2.25. The van der Waals surface area contributed by atoms with Crippen LogP contribution in [0.25, 0.3) is 10.8 Å². The highest BCUT2D eigenvalue weighted by molar-refractivity contribution is 6.30. The summed E-state index contributed by atoms with van der Waals surface area (Å²) in [6.45, 7) is 4.55. The highest BCUT2D eigenvalue weighted by Crippen LogP contribution is 2.24. The molecular weight excluding hydrogens is 378 g/mol. The van der Waals surface area contributed by atoms with Gasteiger partial charge in [0, 0.05) is 61.7 Å². The van der Waals surface area contributed by atoms with Gasteiger partial charge in [-0.2, -0.15) is 5.10 Å². The number of aryl methyl sites for hydroxylation is 2. The molecule has 3 heterocycles. The lowest BCUT2D eigenvalue weighted by Gasteiger charge is -2.36. The number of amides is 1. The van der Waals surface area contributed by atoms with Gasteiger partial charge in [0.05, 0.1) is 5.39 Å². The summed E-state index contributed by atoms with van der Waals surface area (Å²) in [6, 6.07) is 7.58. The minimum Gasteiger partial charge on any atom is -0.368 e. The predicted molar refractivity (Wildman–Crippen MR) is 109 cm³/mol. The number of hydrogen-bond donors (Lipinski definition) is 0. The van der Waals surface area contributed by atoms with Gasteiger partial charge in [-0.05, 0) is 36.8 Å². The Labute approximate surface area is 167 Å². The highest BCUT2D eigenvalue weighted by Gasteiger charge is 2.26. The molecule has 0 N–H and O–H groups in total. The van der Waals surface area contributed by atoms with Gasteiger partial charge in [0.15, 0.2) is 5.69 Å². The van der Waals surface area contributed by atoms with E-state index in [9.17, 15) is 9.59 Å². The Morgan fingerprint density at radius 2 is 1.86 bits per heavy atom. The highest BCUT2D eigenvalue weighted by atomic mass is 35.5. The molecule has 1 aliphatic heterocycles. The van der Waals surface area contributed by atoms with Crippen molar-refractivity contribution in [3.63, 3.8) is 0 Å². The van der Waals surface area contributed by atoms with E-state index in [-0.39, 0.29) is 17.2 Å².